The number of hydrogen-bond acceptors (Lipinski definition) is 6. The Morgan fingerprint density at radius 2 is 1.78 bits per heavy atom. The van der Waals surface area contributed by atoms with Gasteiger partial charge in [0.2, 0.25) is 5.82 Å². The molecule has 0 aliphatic heterocycles. The van der Waals surface area contributed by atoms with Gasteiger partial charge in [-0.15, -0.1) is 22.6 Å². The second-order valence-electron chi connectivity index (χ2n) is 4.81. The van der Waals surface area contributed by atoms with Crippen molar-refractivity contribution < 1.29 is 9.47 Å². The molecule has 2 aromatic rings. The summed E-state index contributed by atoms with van der Waals surface area (Å²) < 4.78 is 10.5. The summed E-state index contributed by atoms with van der Waals surface area (Å²) in [4.78, 5) is 3.95. The first-order chi connectivity index (χ1) is 10.7. The molecule has 2 rings (SSSR count). The Balaban J connectivity index is 0.00000264. The van der Waals surface area contributed by atoms with Gasteiger partial charge in [0.05, 0.1) is 20.8 Å². The molecule has 7 nitrogen and oxygen atoms in total. The van der Waals surface area contributed by atoms with Crippen molar-refractivity contribution in [1.29, 1.82) is 0 Å². The third-order valence-corrected chi connectivity index (χ3v) is 3.61. The highest BCUT2D eigenvalue weighted by molar-refractivity contribution is 5.85. The van der Waals surface area contributed by atoms with Crippen LogP contribution in [0.1, 0.15) is 13.8 Å². The lowest BCUT2D eigenvalue weighted by atomic mass is 10.2. The first-order valence-electron chi connectivity index (χ1n) is 7.44. The summed E-state index contributed by atoms with van der Waals surface area (Å²) in [6, 6.07) is 5.59. The molecule has 23 heavy (non-hydrogen) atoms. The molecule has 0 fully saturated rings. The Morgan fingerprint density at radius 3 is 2.39 bits per heavy atom. The number of likely N-dealkylation sites (N-methyl/N-ethyl adjacent to an activating group) is 1. The van der Waals surface area contributed by atoms with Gasteiger partial charge in [0.1, 0.15) is 0 Å². The molecule has 0 bridgehead atoms. The van der Waals surface area contributed by atoms with Crippen LogP contribution in [0.5, 0.6) is 11.5 Å². The Kier molecular flexibility index (Phi) is 7.77. The van der Waals surface area contributed by atoms with Crippen LogP contribution in [-0.2, 0) is 6.54 Å². The second kappa shape index (κ2) is 9.32. The number of nitrogens with zero attached hydrogens (tertiary/aromatic N) is 5. The highest BCUT2D eigenvalue weighted by atomic mass is 35.5. The standard InChI is InChI=1S/C15H23N5O2.ClH/c1-5-19(6-2)9-10-20-17-15(16-18-20)12-7-8-13(21-3)14(11-12)22-4;/h7-8,11H,5-6,9-10H2,1-4H3;1H. The number of methoxy groups -OCH3 is 2. The zero-order chi connectivity index (χ0) is 15.9. The molecule has 1 aromatic carbocycles. The quantitative estimate of drug-likeness (QED) is 0.732. The van der Waals surface area contributed by atoms with Gasteiger partial charge < -0.3 is 14.4 Å². The zero-order valence-corrected chi connectivity index (χ0v) is 14.8. The van der Waals surface area contributed by atoms with E-state index in [0.717, 1.165) is 31.7 Å². The van der Waals surface area contributed by atoms with Crippen molar-refractivity contribution in [3.63, 3.8) is 0 Å². The number of benzene rings is 1. The zero-order valence-electron chi connectivity index (χ0n) is 14.0. The van der Waals surface area contributed by atoms with E-state index in [0.29, 0.717) is 17.3 Å². The number of halogens is 1. The van der Waals surface area contributed by atoms with Crippen LogP contribution < -0.4 is 9.47 Å². The second-order valence-corrected chi connectivity index (χ2v) is 4.81. The lowest BCUT2D eigenvalue weighted by molar-refractivity contribution is 0.277. The maximum atomic E-state index is 5.30. The Morgan fingerprint density at radius 1 is 1.09 bits per heavy atom. The Bertz CT molecular complexity index is 601. The minimum atomic E-state index is 0. The van der Waals surface area contributed by atoms with E-state index < -0.39 is 0 Å². The summed E-state index contributed by atoms with van der Waals surface area (Å²) >= 11 is 0. The summed E-state index contributed by atoms with van der Waals surface area (Å²) in [6.07, 6.45) is 0. The lowest BCUT2D eigenvalue weighted by Crippen LogP contribution is -2.27. The molecule has 0 radical (unpaired) electrons. The van der Waals surface area contributed by atoms with E-state index in [1.54, 1.807) is 19.0 Å². The van der Waals surface area contributed by atoms with Crippen LogP contribution in [0, 0.1) is 0 Å². The molecule has 1 heterocycles. The first-order valence-corrected chi connectivity index (χ1v) is 7.44. The van der Waals surface area contributed by atoms with Crippen LogP contribution in [0.15, 0.2) is 18.2 Å². The van der Waals surface area contributed by atoms with Crippen molar-refractivity contribution in [3.05, 3.63) is 18.2 Å². The smallest absolute Gasteiger partial charge is 0.205 e. The van der Waals surface area contributed by atoms with E-state index in [1.807, 2.05) is 18.2 Å². The van der Waals surface area contributed by atoms with Crippen LogP contribution in [0.2, 0.25) is 0 Å². The van der Waals surface area contributed by atoms with Gasteiger partial charge in [0.25, 0.3) is 0 Å². The molecule has 0 unspecified atom stereocenters. The van der Waals surface area contributed by atoms with E-state index in [4.69, 9.17) is 9.47 Å². The molecule has 1 aromatic heterocycles. The normalized spacial score (nSPS) is 10.5. The lowest BCUT2D eigenvalue weighted by Gasteiger charge is -2.16. The molecule has 0 saturated heterocycles. The van der Waals surface area contributed by atoms with E-state index >= 15 is 0 Å². The molecule has 0 aliphatic carbocycles. The van der Waals surface area contributed by atoms with Crippen molar-refractivity contribution >= 4 is 12.4 Å². The first kappa shape index (κ1) is 19.2. The number of rotatable bonds is 8. The van der Waals surface area contributed by atoms with Gasteiger partial charge in [0.15, 0.2) is 11.5 Å². The van der Waals surface area contributed by atoms with E-state index in [2.05, 4.69) is 34.2 Å². The maximum Gasteiger partial charge on any atom is 0.205 e. The van der Waals surface area contributed by atoms with Crippen molar-refractivity contribution in [1.82, 2.24) is 25.1 Å². The summed E-state index contributed by atoms with van der Waals surface area (Å²) in [5, 5.41) is 12.6. The van der Waals surface area contributed by atoms with Crippen molar-refractivity contribution in [3.8, 4) is 22.9 Å². The Hall–Kier alpha value is -1.86. The molecule has 8 heteroatoms. The fraction of sp³-hybridized carbons (Fsp3) is 0.533. The molecule has 0 N–H and O–H groups in total. The highest BCUT2D eigenvalue weighted by Gasteiger charge is 2.11. The fourth-order valence-electron chi connectivity index (χ4n) is 2.20. The molecule has 0 atom stereocenters. The maximum absolute atomic E-state index is 5.30. The summed E-state index contributed by atoms with van der Waals surface area (Å²) in [5.41, 5.74) is 0.853. The van der Waals surface area contributed by atoms with Gasteiger partial charge in [-0.3, -0.25) is 0 Å². The van der Waals surface area contributed by atoms with E-state index in [-0.39, 0.29) is 12.4 Å². The molecule has 0 aliphatic rings. The molecular weight excluding hydrogens is 318 g/mol. The highest BCUT2D eigenvalue weighted by Crippen LogP contribution is 2.30. The van der Waals surface area contributed by atoms with Gasteiger partial charge in [-0.25, -0.2) is 0 Å². The van der Waals surface area contributed by atoms with Crippen molar-refractivity contribution in [2.75, 3.05) is 33.9 Å². The third kappa shape index (κ3) is 4.80. The minimum absolute atomic E-state index is 0. The average Bonchev–Trinajstić information content (AvgIpc) is 3.04. The summed E-state index contributed by atoms with van der Waals surface area (Å²) in [6.45, 7) is 7.97. The molecule has 0 spiro atoms. The molecule has 0 saturated carbocycles. The molecule has 0 amide bonds. The van der Waals surface area contributed by atoms with Crippen molar-refractivity contribution in [2.24, 2.45) is 0 Å². The largest absolute Gasteiger partial charge is 0.493 e. The van der Waals surface area contributed by atoms with Crippen LogP contribution >= 0.6 is 12.4 Å². The third-order valence-electron chi connectivity index (χ3n) is 3.61. The SMILES string of the molecule is CCN(CC)CCn1nnc(-c2ccc(OC)c(OC)c2)n1.Cl. The number of hydrogen-bond donors (Lipinski definition) is 0. The summed E-state index contributed by atoms with van der Waals surface area (Å²) in [7, 11) is 3.22. The van der Waals surface area contributed by atoms with Gasteiger partial charge in [-0.05, 0) is 36.5 Å². The monoisotopic (exact) mass is 341 g/mol. The number of ether oxygens (including phenoxy) is 2. The predicted molar refractivity (Wildman–Crippen MR) is 91.4 cm³/mol. The van der Waals surface area contributed by atoms with Crippen molar-refractivity contribution in [2.45, 2.75) is 20.4 Å². The van der Waals surface area contributed by atoms with E-state index in [9.17, 15) is 0 Å². The number of tetrazole rings is 1. The minimum Gasteiger partial charge on any atom is -0.493 e. The van der Waals surface area contributed by atoms with Gasteiger partial charge in [-0.1, -0.05) is 13.8 Å². The predicted octanol–water partition coefficient (Wildman–Crippen LogP) is 2.12. The van der Waals surface area contributed by atoms with Gasteiger partial charge in [-0.2, -0.15) is 4.80 Å². The molecule has 128 valence electrons. The van der Waals surface area contributed by atoms with Crippen LogP contribution in [0.4, 0.5) is 0 Å². The Labute approximate surface area is 143 Å². The van der Waals surface area contributed by atoms with Gasteiger partial charge >= 0.3 is 0 Å². The van der Waals surface area contributed by atoms with Crippen LogP contribution in [0.25, 0.3) is 11.4 Å². The van der Waals surface area contributed by atoms with E-state index in [1.165, 1.54) is 0 Å². The average molecular weight is 342 g/mol. The van der Waals surface area contributed by atoms with Crippen LogP contribution in [0.3, 0.4) is 0 Å². The fourth-order valence-corrected chi connectivity index (χ4v) is 2.20. The summed E-state index contributed by atoms with van der Waals surface area (Å²) in [5.74, 6) is 1.92. The molecular formula is C15H24ClN5O2. The van der Waals surface area contributed by atoms with Crippen LogP contribution in [-0.4, -0.2) is 59.0 Å². The number of aromatic nitrogens is 4. The topological polar surface area (TPSA) is 65.3 Å². The van der Waals surface area contributed by atoms with Gasteiger partial charge in [0, 0.05) is 12.1 Å².